The van der Waals surface area contributed by atoms with E-state index in [-0.39, 0.29) is 11.8 Å². The number of halogens is 3. The monoisotopic (exact) mass is 366 g/mol. The van der Waals surface area contributed by atoms with Gasteiger partial charge in [-0.25, -0.2) is 4.98 Å². The molecule has 1 aliphatic heterocycles. The molecule has 1 aromatic heterocycles. The van der Waals surface area contributed by atoms with Gasteiger partial charge in [-0.2, -0.15) is 4.98 Å². The van der Waals surface area contributed by atoms with E-state index < -0.39 is 6.36 Å². The number of fused-ring (bicyclic) bond motifs is 1. The SMILES string of the molecule is Cc1cc(N2CCc3ccc(OC(F)(F)F)cc3C2)nc(NC(C)C)n1. The molecule has 8 heteroatoms. The van der Waals surface area contributed by atoms with Gasteiger partial charge in [0.05, 0.1) is 0 Å². The first-order valence-corrected chi connectivity index (χ1v) is 8.44. The second-order valence-corrected chi connectivity index (χ2v) is 6.64. The van der Waals surface area contributed by atoms with E-state index in [2.05, 4.69) is 20.0 Å². The van der Waals surface area contributed by atoms with E-state index in [4.69, 9.17) is 0 Å². The summed E-state index contributed by atoms with van der Waals surface area (Å²) in [5, 5.41) is 3.19. The summed E-state index contributed by atoms with van der Waals surface area (Å²) in [4.78, 5) is 11.0. The lowest BCUT2D eigenvalue weighted by molar-refractivity contribution is -0.274. The molecule has 0 bridgehead atoms. The molecular formula is C18H21F3N4O. The number of rotatable bonds is 4. The van der Waals surface area contributed by atoms with Crippen LogP contribution in [0.15, 0.2) is 24.3 Å². The molecule has 0 atom stereocenters. The Balaban J connectivity index is 1.83. The van der Waals surface area contributed by atoms with E-state index in [0.29, 0.717) is 12.5 Å². The van der Waals surface area contributed by atoms with Gasteiger partial charge >= 0.3 is 6.36 Å². The fourth-order valence-electron chi connectivity index (χ4n) is 2.96. The van der Waals surface area contributed by atoms with Gasteiger partial charge in [0.15, 0.2) is 0 Å². The first kappa shape index (κ1) is 18.3. The number of hydrogen-bond acceptors (Lipinski definition) is 5. The van der Waals surface area contributed by atoms with E-state index in [1.165, 1.54) is 12.1 Å². The van der Waals surface area contributed by atoms with E-state index in [1.807, 2.05) is 31.7 Å². The van der Waals surface area contributed by atoms with Gasteiger partial charge < -0.3 is 15.0 Å². The van der Waals surface area contributed by atoms with E-state index >= 15 is 0 Å². The van der Waals surface area contributed by atoms with Gasteiger partial charge in [0.25, 0.3) is 0 Å². The van der Waals surface area contributed by atoms with Crippen LogP contribution in [0.1, 0.15) is 30.7 Å². The fraction of sp³-hybridized carbons (Fsp3) is 0.444. The van der Waals surface area contributed by atoms with Crippen molar-refractivity contribution in [2.45, 2.75) is 46.1 Å². The van der Waals surface area contributed by atoms with E-state index in [0.717, 1.165) is 35.6 Å². The van der Waals surface area contributed by atoms with Crippen LogP contribution in [0.2, 0.25) is 0 Å². The summed E-state index contributed by atoms with van der Waals surface area (Å²) < 4.78 is 41.4. The maximum absolute atomic E-state index is 12.5. The van der Waals surface area contributed by atoms with Crippen molar-refractivity contribution >= 4 is 11.8 Å². The predicted octanol–water partition coefficient (Wildman–Crippen LogP) is 4.07. The van der Waals surface area contributed by atoms with Gasteiger partial charge in [-0.3, -0.25) is 0 Å². The van der Waals surface area contributed by atoms with Crippen molar-refractivity contribution in [2.75, 3.05) is 16.8 Å². The summed E-state index contributed by atoms with van der Waals surface area (Å²) in [6.45, 7) is 7.12. The molecule has 1 aliphatic rings. The lowest BCUT2D eigenvalue weighted by Crippen LogP contribution is -2.31. The highest BCUT2D eigenvalue weighted by atomic mass is 19.4. The van der Waals surface area contributed by atoms with Crippen molar-refractivity contribution in [2.24, 2.45) is 0 Å². The van der Waals surface area contributed by atoms with Crippen LogP contribution in [0.5, 0.6) is 5.75 Å². The Morgan fingerprint density at radius 2 is 1.92 bits per heavy atom. The normalized spacial score (nSPS) is 14.3. The molecule has 3 rings (SSSR count). The Hall–Kier alpha value is -2.51. The van der Waals surface area contributed by atoms with Gasteiger partial charge in [0.2, 0.25) is 5.95 Å². The number of aromatic nitrogens is 2. The van der Waals surface area contributed by atoms with Gasteiger partial charge in [-0.15, -0.1) is 13.2 Å². The molecule has 2 aromatic rings. The number of aryl methyl sites for hydroxylation is 1. The summed E-state index contributed by atoms with van der Waals surface area (Å²) in [6, 6.07) is 6.60. The molecule has 5 nitrogen and oxygen atoms in total. The Morgan fingerprint density at radius 3 is 2.62 bits per heavy atom. The molecule has 1 N–H and O–H groups in total. The lowest BCUT2D eigenvalue weighted by atomic mass is 9.99. The first-order chi connectivity index (χ1) is 12.2. The third-order valence-corrected chi connectivity index (χ3v) is 4.01. The Morgan fingerprint density at radius 1 is 1.15 bits per heavy atom. The molecule has 0 amide bonds. The Labute approximate surface area is 150 Å². The number of alkyl halides is 3. The highest BCUT2D eigenvalue weighted by molar-refractivity contribution is 5.49. The van der Waals surface area contributed by atoms with Crippen LogP contribution in [-0.2, 0) is 13.0 Å². The molecule has 0 radical (unpaired) electrons. The molecule has 1 aromatic carbocycles. The fourth-order valence-corrected chi connectivity index (χ4v) is 2.96. The zero-order valence-electron chi connectivity index (χ0n) is 14.9. The van der Waals surface area contributed by atoms with Gasteiger partial charge in [-0.1, -0.05) is 6.07 Å². The third kappa shape index (κ3) is 4.56. The van der Waals surface area contributed by atoms with E-state index in [1.54, 1.807) is 6.07 Å². The standard InChI is InChI=1S/C18H21F3N4O/c1-11(2)22-17-23-12(3)8-16(24-17)25-7-6-13-4-5-15(9-14(13)10-25)26-18(19,20)21/h4-5,8-9,11H,6-7,10H2,1-3H3,(H,22,23,24). The maximum Gasteiger partial charge on any atom is 0.573 e. The van der Waals surface area contributed by atoms with E-state index in [9.17, 15) is 13.2 Å². The quantitative estimate of drug-likeness (QED) is 0.884. The molecule has 0 saturated heterocycles. The zero-order chi connectivity index (χ0) is 18.9. The molecule has 0 saturated carbocycles. The van der Waals surface area contributed by atoms with Crippen molar-refractivity contribution in [3.63, 3.8) is 0 Å². The number of nitrogens with zero attached hydrogens (tertiary/aromatic N) is 3. The minimum absolute atomic E-state index is 0.195. The molecule has 0 unspecified atom stereocenters. The van der Waals surface area contributed by atoms with Crippen LogP contribution in [0, 0.1) is 6.92 Å². The lowest BCUT2D eigenvalue weighted by Gasteiger charge is -2.30. The van der Waals surface area contributed by atoms with Crippen molar-refractivity contribution in [1.82, 2.24) is 9.97 Å². The van der Waals surface area contributed by atoms with Gasteiger partial charge in [0, 0.05) is 30.9 Å². The molecule has 26 heavy (non-hydrogen) atoms. The number of ether oxygens (including phenoxy) is 1. The third-order valence-electron chi connectivity index (χ3n) is 4.01. The zero-order valence-corrected chi connectivity index (χ0v) is 14.9. The molecule has 0 aliphatic carbocycles. The van der Waals surface area contributed by atoms with Crippen molar-refractivity contribution in [3.05, 3.63) is 41.1 Å². The first-order valence-electron chi connectivity index (χ1n) is 8.44. The van der Waals surface area contributed by atoms with Crippen molar-refractivity contribution in [3.8, 4) is 5.75 Å². The van der Waals surface area contributed by atoms with Crippen molar-refractivity contribution in [1.29, 1.82) is 0 Å². The van der Waals surface area contributed by atoms with Gasteiger partial charge in [-0.05, 0) is 50.5 Å². The van der Waals surface area contributed by atoms with Crippen LogP contribution >= 0.6 is 0 Å². The molecule has 2 heterocycles. The summed E-state index contributed by atoms with van der Waals surface area (Å²) in [5.74, 6) is 1.11. The average molecular weight is 366 g/mol. The summed E-state index contributed by atoms with van der Waals surface area (Å²) >= 11 is 0. The molecule has 0 fully saturated rings. The average Bonchev–Trinajstić information content (AvgIpc) is 2.51. The van der Waals surface area contributed by atoms with Gasteiger partial charge in [0.1, 0.15) is 11.6 Å². The number of nitrogens with one attached hydrogen (secondary N) is 1. The molecular weight excluding hydrogens is 345 g/mol. The second kappa shape index (κ2) is 7.01. The Bertz CT molecular complexity index is 792. The summed E-state index contributed by atoms with van der Waals surface area (Å²) in [7, 11) is 0. The highest BCUT2D eigenvalue weighted by Crippen LogP contribution is 2.29. The van der Waals surface area contributed by atoms with Crippen molar-refractivity contribution < 1.29 is 17.9 Å². The highest BCUT2D eigenvalue weighted by Gasteiger charge is 2.31. The Kier molecular flexibility index (Phi) is 4.93. The largest absolute Gasteiger partial charge is 0.573 e. The van der Waals surface area contributed by atoms with Crippen LogP contribution in [0.4, 0.5) is 24.9 Å². The van der Waals surface area contributed by atoms with Crippen LogP contribution in [0.25, 0.3) is 0 Å². The predicted molar refractivity (Wildman–Crippen MR) is 93.4 cm³/mol. The maximum atomic E-state index is 12.5. The number of benzene rings is 1. The smallest absolute Gasteiger partial charge is 0.406 e. The topological polar surface area (TPSA) is 50.3 Å². The minimum atomic E-state index is -4.69. The summed E-state index contributed by atoms with van der Waals surface area (Å²) in [5.41, 5.74) is 2.67. The number of hydrogen-bond donors (Lipinski definition) is 1. The second-order valence-electron chi connectivity index (χ2n) is 6.64. The van der Waals surface area contributed by atoms with Crippen LogP contribution in [0.3, 0.4) is 0 Å². The molecule has 0 spiro atoms. The summed E-state index contributed by atoms with van der Waals surface area (Å²) in [6.07, 6.45) is -3.96. The van der Waals surface area contributed by atoms with Crippen LogP contribution < -0.4 is 15.0 Å². The minimum Gasteiger partial charge on any atom is -0.406 e. The molecule has 140 valence electrons. The van der Waals surface area contributed by atoms with Crippen LogP contribution in [-0.4, -0.2) is 28.9 Å². The number of anilines is 2.